The summed E-state index contributed by atoms with van der Waals surface area (Å²) in [5, 5.41) is 0. The van der Waals surface area contributed by atoms with E-state index >= 15 is 0 Å². The van der Waals surface area contributed by atoms with Crippen molar-refractivity contribution in [2.45, 2.75) is 0 Å². The largest absolute Gasteiger partial charge is 0.290 e. The fourth-order valence-electron chi connectivity index (χ4n) is 1.53. The molecule has 0 radical (unpaired) electrons. The summed E-state index contributed by atoms with van der Waals surface area (Å²) in [4.78, 5) is 11.0. The maximum Gasteiger partial charge on any atom is 0.179 e. The second kappa shape index (κ2) is 3.46. The Morgan fingerprint density at radius 1 is 1.14 bits per heavy atom. The van der Waals surface area contributed by atoms with E-state index in [1.165, 1.54) is 0 Å². The number of ketones is 1. The molecule has 1 aliphatic carbocycles. The summed E-state index contributed by atoms with van der Waals surface area (Å²) >= 11 is 0. The molecule has 1 aliphatic rings. The molecule has 0 amide bonds. The van der Waals surface area contributed by atoms with E-state index in [1.54, 1.807) is 18.2 Å². The first-order valence-corrected chi connectivity index (χ1v) is 4.47. The Bertz CT molecular complexity index is 450. The molecule has 0 heterocycles. The SMILES string of the molecule is C=Cc1ccccc1C1=CC(=O)C=C1. The Kier molecular flexibility index (Phi) is 2.15. The number of benzene rings is 1. The van der Waals surface area contributed by atoms with Crippen LogP contribution in [-0.4, -0.2) is 5.78 Å². The first kappa shape index (κ1) is 8.70. The Balaban J connectivity index is 2.52. The molecule has 0 bridgehead atoms. The second-order valence-corrected chi connectivity index (χ2v) is 3.13. The average molecular weight is 182 g/mol. The summed E-state index contributed by atoms with van der Waals surface area (Å²) in [6.45, 7) is 3.75. The topological polar surface area (TPSA) is 17.1 Å². The van der Waals surface area contributed by atoms with E-state index < -0.39 is 0 Å². The number of carbonyl (C=O) groups is 1. The zero-order valence-corrected chi connectivity index (χ0v) is 7.73. The van der Waals surface area contributed by atoms with Crippen LogP contribution >= 0.6 is 0 Å². The summed E-state index contributed by atoms with van der Waals surface area (Å²) in [5.41, 5.74) is 3.08. The van der Waals surface area contributed by atoms with Gasteiger partial charge in [0, 0.05) is 0 Å². The van der Waals surface area contributed by atoms with Crippen LogP contribution in [0.2, 0.25) is 0 Å². The average Bonchev–Trinajstić information content (AvgIpc) is 2.65. The third kappa shape index (κ3) is 1.44. The maximum absolute atomic E-state index is 11.0. The Hall–Kier alpha value is -1.89. The molecule has 1 heteroatoms. The summed E-state index contributed by atoms with van der Waals surface area (Å²) in [6.07, 6.45) is 6.86. The van der Waals surface area contributed by atoms with Crippen LogP contribution in [0.25, 0.3) is 11.6 Å². The third-order valence-electron chi connectivity index (χ3n) is 2.22. The quantitative estimate of drug-likeness (QED) is 0.687. The van der Waals surface area contributed by atoms with Gasteiger partial charge < -0.3 is 0 Å². The van der Waals surface area contributed by atoms with Gasteiger partial charge in [-0.05, 0) is 28.9 Å². The van der Waals surface area contributed by atoms with Gasteiger partial charge in [-0.15, -0.1) is 0 Å². The minimum Gasteiger partial charge on any atom is -0.290 e. The van der Waals surface area contributed by atoms with Crippen LogP contribution in [0.1, 0.15) is 11.1 Å². The molecule has 1 aromatic carbocycles. The second-order valence-electron chi connectivity index (χ2n) is 3.13. The number of hydrogen-bond donors (Lipinski definition) is 0. The van der Waals surface area contributed by atoms with Crippen LogP contribution in [0.4, 0.5) is 0 Å². The zero-order chi connectivity index (χ0) is 9.97. The highest BCUT2D eigenvalue weighted by Crippen LogP contribution is 2.24. The van der Waals surface area contributed by atoms with E-state index in [1.807, 2.05) is 30.3 Å². The molecule has 0 saturated heterocycles. The van der Waals surface area contributed by atoms with Crippen molar-refractivity contribution in [2.75, 3.05) is 0 Å². The van der Waals surface area contributed by atoms with E-state index in [4.69, 9.17) is 0 Å². The lowest BCUT2D eigenvalue weighted by Gasteiger charge is -2.03. The van der Waals surface area contributed by atoms with Gasteiger partial charge in [0.1, 0.15) is 0 Å². The summed E-state index contributed by atoms with van der Waals surface area (Å²) in [7, 11) is 0. The van der Waals surface area contributed by atoms with Crippen molar-refractivity contribution < 1.29 is 4.79 Å². The molecular weight excluding hydrogens is 172 g/mol. The van der Waals surface area contributed by atoms with Gasteiger partial charge in [-0.1, -0.05) is 43.0 Å². The fourth-order valence-corrected chi connectivity index (χ4v) is 1.53. The first-order chi connectivity index (χ1) is 6.81. The Morgan fingerprint density at radius 2 is 1.93 bits per heavy atom. The molecule has 1 aromatic rings. The van der Waals surface area contributed by atoms with Gasteiger partial charge in [0.25, 0.3) is 0 Å². The van der Waals surface area contributed by atoms with Gasteiger partial charge >= 0.3 is 0 Å². The molecule has 0 saturated carbocycles. The van der Waals surface area contributed by atoms with Crippen LogP contribution in [0, 0.1) is 0 Å². The van der Waals surface area contributed by atoms with Gasteiger partial charge in [0.2, 0.25) is 0 Å². The monoisotopic (exact) mass is 182 g/mol. The van der Waals surface area contributed by atoms with Crippen LogP contribution in [0.5, 0.6) is 0 Å². The lowest BCUT2D eigenvalue weighted by molar-refractivity contribution is -0.110. The summed E-state index contributed by atoms with van der Waals surface area (Å²) in [5.74, 6) is 0.0545. The molecule has 0 fully saturated rings. The van der Waals surface area contributed by atoms with Crippen molar-refractivity contribution >= 4 is 17.4 Å². The smallest absolute Gasteiger partial charge is 0.179 e. The predicted molar refractivity (Wildman–Crippen MR) is 58.7 cm³/mol. The van der Waals surface area contributed by atoms with E-state index in [2.05, 4.69) is 6.58 Å². The molecule has 68 valence electrons. The minimum absolute atomic E-state index is 0.0545. The van der Waals surface area contributed by atoms with Crippen molar-refractivity contribution in [1.29, 1.82) is 0 Å². The molecule has 0 N–H and O–H groups in total. The van der Waals surface area contributed by atoms with E-state index in [9.17, 15) is 4.79 Å². The fraction of sp³-hybridized carbons (Fsp3) is 0. The van der Waals surface area contributed by atoms with E-state index in [-0.39, 0.29) is 5.78 Å². The van der Waals surface area contributed by atoms with Crippen LogP contribution in [0.15, 0.2) is 49.1 Å². The highest BCUT2D eigenvalue weighted by molar-refractivity contribution is 6.11. The highest BCUT2D eigenvalue weighted by atomic mass is 16.1. The first-order valence-electron chi connectivity index (χ1n) is 4.47. The summed E-state index contributed by atoms with van der Waals surface area (Å²) < 4.78 is 0. The van der Waals surface area contributed by atoms with E-state index in [0.29, 0.717) is 0 Å². The zero-order valence-electron chi connectivity index (χ0n) is 7.73. The van der Waals surface area contributed by atoms with Gasteiger partial charge in [0.05, 0.1) is 0 Å². The third-order valence-corrected chi connectivity index (χ3v) is 2.22. The minimum atomic E-state index is 0.0545. The van der Waals surface area contributed by atoms with Gasteiger partial charge in [-0.25, -0.2) is 0 Å². The van der Waals surface area contributed by atoms with Crippen molar-refractivity contribution in [3.05, 3.63) is 60.2 Å². The number of hydrogen-bond acceptors (Lipinski definition) is 1. The van der Waals surface area contributed by atoms with Gasteiger partial charge in [-0.2, -0.15) is 0 Å². The molecule has 14 heavy (non-hydrogen) atoms. The molecule has 0 aliphatic heterocycles. The predicted octanol–water partition coefficient (Wildman–Crippen LogP) is 2.85. The number of allylic oxidation sites excluding steroid dienone is 4. The number of carbonyl (C=O) groups excluding carboxylic acids is 1. The van der Waals surface area contributed by atoms with E-state index in [0.717, 1.165) is 16.7 Å². The van der Waals surface area contributed by atoms with Crippen LogP contribution in [0.3, 0.4) is 0 Å². The maximum atomic E-state index is 11.0. The van der Waals surface area contributed by atoms with Crippen molar-refractivity contribution in [2.24, 2.45) is 0 Å². The normalized spacial score (nSPS) is 14.3. The van der Waals surface area contributed by atoms with Crippen molar-refractivity contribution in [3.63, 3.8) is 0 Å². The van der Waals surface area contributed by atoms with Gasteiger partial charge in [-0.3, -0.25) is 4.79 Å². The molecule has 0 aromatic heterocycles. The van der Waals surface area contributed by atoms with Gasteiger partial charge in [0.15, 0.2) is 5.78 Å². The molecule has 0 spiro atoms. The number of rotatable bonds is 2. The van der Waals surface area contributed by atoms with Crippen LogP contribution in [-0.2, 0) is 4.79 Å². The lowest BCUT2D eigenvalue weighted by atomic mass is 10.0. The van der Waals surface area contributed by atoms with Crippen molar-refractivity contribution in [3.8, 4) is 0 Å². The summed E-state index contributed by atoms with van der Waals surface area (Å²) in [6, 6.07) is 7.90. The molecular formula is C13H10O. The Labute approximate surface area is 83.1 Å². The van der Waals surface area contributed by atoms with Crippen molar-refractivity contribution in [1.82, 2.24) is 0 Å². The standard InChI is InChI=1S/C13H10O/c1-2-10-5-3-4-6-13(10)11-7-8-12(14)9-11/h2-9H,1H2. The van der Waals surface area contributed by atoms with Crippen LogP contribution < -0.4 is 0 Å². The highest BCUT2D eigenvalue weighted by Gasteiger charge is 2.08. The molecule has 2 rings (SSSR count). The molecule has 0 unspecified atom stereocenters. The Morgan fingerprint density at radius 3 is 2.57 bits per heavy atom. The lowest BCUT2D eigenvalue weighted by Crippen LogP contribution is -1.85. The molecule has 1 nitrogen and oxygen atoms in total. The molecule has 0 atom stereocenters.